The van der Waals surface area contributed by atoms with E-state index in [1.165, 1.54) is 21.9 Å². The molecule has 10 heteroatoms. The molecule has 2 rings (SSSR count). The minimum Gasteiger partial charge on any atom is -0.356 e. The summed E-state index contributed by atoms with van der Waals surface area (Å²) in [6, 6.07) is 16.3. The molecule has 0 atom stereocenters. The maximum atomic E-state index is 11.9. The number of hydrogen-bond acceptors (Lipinski definition) is 5. The second-order valence-corrected chi connectivity index (χ2v) is 9.31. The zero-order chi connectivity index (χ0) is 22.0. The summed E-state index contributed by atoms with van der Waals surface area (Å²) >= 11 is 1.72. The third-order valence-corrected chi connectivity index (χ3v) is 5.93. The number of carbonyl (C=O) groups excluding carboxylic acids is 1. The first kappa shape index (κ1) is 23.7. The second-order valence-electron chi connectivity index (χ2n) is 6.58. The number of primary sulfonamides is 1. The number of nitrogens with one attached hydrogen (secondary N) is 2. The zero-order valence-electron chi connectivity index (χ0n) is 17.0. The molecule has 8 nitrogen and oxygen atoms in total. The molecule has 0 saturated carbocycles. The lowest BCUT2D eigenvalue weighted by Gasteiger charge is -2.15. The maximum Gasteiger partial charge on any atom is 0.241 e. The first-order valence-corrected chi connectivity index (χ1v) is 11.8. The van der Waals surface area contributed by atoms with Gasteiger partial charge in [0.1, 0.15) is 0 Å². The molecule has 0 radical (unpaired) electrons. The van der Waals surface area contributed by atoms with Crippen LogP contribution in [0.5, 0.6) is 0 Å². The summed E-state index contributed by atoms with van der Waals surface area (Å²) in [6.07, 6.45) is 0. The molecule has 0 heterocycles. The molecule has 1 amide bonds. The standard InChI is InChI=1S/C20H27N5O3S2/c1-25(2)19(26)15-24-20(22-12-13-29-17-6-4-3-5-7-17)23-14-16-8-10-18(11-9-16)30(21,27)28/h3-11H,12-15H2,1-2H3,(H2,21,27,28)(H2,22,23,24). The van der Waals surface area contributed by atoms with Crippen LogP contribution in [0.4, 0.5) is 0 Å². The van der Waals surface area contributed by atoms with Crippen molar-refractivity contribution in [1.82, 2.24) is 15.5 Å². The Bertz CT molecular complexity index is 946. The Morgan fingerprint density at radius 1 is 1.07 bits per heavy atom. The molecule has 0 aliphatic rings. The van der Waals surface area contributed by atoms with Gasteiger partial charge >= 0.3 is 0 Å². The topological polar surface area (TPSA) is 117 Å². The lowest BCUT2D eigenvalue weighted by Crippen LogP contribution is -2.43. The van der Waals surface area contributed by atoms with Crippen molar-refractivity contribution >= 4 is 33.7 Å². The van der Waals surface area contributed by atoms with E-state index >= 15 is 0 Å². The van der Waals surface area contributed by atoms with Gasteiger partial charge in [0.25, 0.3) is 0 Å². The summed E-state index contributed by atoms with van der Waals surface area (Å²) in [5.41, 5.74) is 0.820. The highest BCUT2D eigenvalue weighted by Gasteiger charge is 2.08. The van der Waals surface area contributed by atoms with Crippen LogP contribution in [0.1, 0.15) is 5.56 Å². The van der Waals surface area contributed by atoms with Gasteiger partial charge in [0, 0.05) is 31.3 Å². The van der Waals surface area contributed by atoms with E-state index in [4.69, 9.17) is 5.14 Å². The molecule has 0 spiro atoms. The minimum atomic E-state index is -3.72. The summed E-state index contributed by atoms with van der Waals surface area (Å²) < 4.78 is 22.7. The smallest absolute Gasteiger partial charge is 0.241 e. The van der Waals surface area contributed by atoms with Crippen molar-refractivity contribution in [1.29, 1.82) is 0 Å². The van der Waals surface area contributed by atoms with Crippen LogP contribution in [0.15, 0.2) is 69.4 Å². The van der Waals surface area contributed by atoms with Crippen molar-refractivity contribution in [2.45, 2.75) is 16.3 Å². The van der Waals surface area contributed by atoms with Gasteiger partial charge in [0.2, 0.25) is 15.9 Å². The van der Waals surface area contributed by atoms with Crippen LogP contribution in [0.2, 0.25) is 0 Å². The largest absolute Gasteiger partial charge is 0.356 e. The quantitative estimate of drug-likeness (QED) is 0.230. The van der Waals surface area contributed by atoms with Crippen molar-refractivity contribution in [2.24, 2.45) is 10.1 Å². The number of amides is 1. The van der Waals surface area contributed by atoms with E-state index in [1.54, 1.807) is 38.0 Å². The normalized spacial score (nSPS) is 11.8. The van der Waals surface area contributed by atoms with E-state index in [0.717, 1.165) is 11.3 Å². The van der Waals surface area contributed by atoms with Gasteiger partial charge in [0.15, 0.2) is 5.96 Å². The summed E-state index contributed by atoms with van der Waals surface area (Å²) in [5, 5.41) is 11.4. The van der Waals surface area contributed by atoms with E-state index in [0.29, 0.717) is 19.0 Å². The van der Waals surface area contributed by atoms with Crippen LogP contribution >= 0.6 is 11.8 Å². The lowest BCUT2D eigenvalue weighted by atomic mass is 10.2. The number of hydrogen-bond donors (Lipinski definition) is 3. The van der Waals surface area contributed by atoms with Gasteiger partial charge in [-0.1, -0.05) is 30.3 Å². The molecule has 162 valence electrons. The fraction of sp³-hybridized carbons (Fsp3) is 0.300. The molecule has 0 aliphatic heterocycles. The predicted molar refractivity (Wildman–Crippen MR) is 121 cm³/mol. The lowest BCUT2D eigenvalue weighted by molar-refractivity contribution is -0.127. The number of likely N-dealkylation sites (N-methyl/N-ethyl adjacent to an activating group) is 1. The van der Waals surface area contributed by atoms with Crippen molar-refractivity contribution in [3.63, 3.8) is 0 Å². The van der Waals surface area contributed by atoms with Gasteiger partial charge in [-0.3, -0.25) is 4.79 Å². The van der Waals surface area contributed by atoms with Gasteiger partial charge < -0.3 is 15.5 Å². The molecule has 2 aromatic carbocycles. The van der Waals surface area contributed by atoms with E-state index in [9.17, 15) is 13.2 Å². The number of nitrogens with zero attached hydrogens (tertiary/aromatic N) is 2. The first-order valence-electron chi connectivity index (χ1n) is 9.27. The number of nitrogens with two attached hydrogens (primary N) is 1. The van der Waals surface area contributed by atoms with Crippen LogP contribution in [0, 0.1) is 0 Å². The van der Waals surface area contributed by atoms with Gasteiger partial charge in [-0.05, 0) is 29.8 Å². The second kappa shape index (κ2) is 11.6. The molecule has 0 aromatic heterocycles. The summed E-state index contributed by atoms with van der Waals surface area (Å²) in [5.74, 6) is 1.27. The van der Waals surface area contributed by atoms with E-state index < -0.39 is 10.0 Å². The van der Waals surface area contributed by atoms with Crippen LogP contribution in [0.25, 0.3) is 0 Å². The number of sulfonamides is 1. The average molecular weight is 450 g/mol. The van der Waals surface area contributed by atoms with Gasteiger partial charge in [-0.25, -0.2) is 18.5 Å². The van der Waals surface area contributed by atoms with Crippen molar-refractivity contribution < 1.29 is 13.2 Å². The summed E-state index contributed by atoms with van der Waals surface area (Å²) in [4.78, 5) is 19.1. The fourth-order valence-corrected chi connectivity index (χ4v) is 3.61. The minimum absolute atomic E-state index is 0.0567. The van der Waals surface area contributed by atoms with Crippen LogP contribution in [-0.2, 0) is 21.4 Å². The molecule has 0 aliphatic carbocycles. The molecule has 2 aromatic rings. The predicted octanol–water partition coefficient (Wildman–Crippen LogP) is 1.25. The molecule has 30 heavy (non-hydrogen) atoms. The van der Waals surface area contributed by atoms with Crippen molar-refractivity contribution in [3.8, 4) is 0 Å². The van der Waals surface area contributed by atoms with Gasteiger partial charge in [-0.2, -0.15) is 0 Å². The van der Waals surface area contributed by atoms with E-state index in [1.807, 2.05) is 18.2 Å². The Morgan fingerprint density at radius 3 is 2.33 bits per heavy atom. The highest BCUT2D eigenvalue weighted by Crippen LogP contribution is 2.15. The van der Waals surface area contributed by atoms with E-state index in [-0.39, 0.29) is 17.3 Å². The number of carbonyl (C=O) groups is 1. The monoisotopic (exact) mass is 449 g/mol. The molecular weight excluding hydrogens is 422 g/mol. The highest BCUT2D eigenvalue weighted by atomic mass is 32.2. The number of guanidine groups is 1. The van der Waals surface area contributed by atoms with Crippen LogP contribution < -0.4 is 15.8 Å². The Hall–Kier alpha value is -2.56. The third kappa shape index (κ3) is 8.44. The molecule has 4 N–H and O–H groups in total. The Balaban J connectivity index is 1.95. The SMILES string of the molecule is CN(C)C(=O)CNC(=NCc1ccc(S(N)(=O)=O)cc1)NCCSc1ccccc1. The Labute approximate surface area is 182 Å². The van der Waals surface area contributed by atoms with Crippen molar-refractivity contribution in [3.05, 3.63) is 60.2 Å². The first-order chi connectivity index (χ1) is 14.3. The summed E-state index contributed by atoms with van der Waals surface area (Å²) in [7, 11) is -0.335. The third-order valence-electron chi connectivity index (χ3n) is 3.98. The van der Waals surface area contributed by atoms with Crippen molar-refractivity contribution in [2.75, 3.05) is 32.9 Å². The number of benzene rings is 2. The molecule has 0 bridgehead atoms. The number of aliphatic imine (C=N–C) groups is 1. The average Bonchev–Trinajstić information content (AvgIpc) is 2.72. The number of thioether (sulfide) groups is 1. The molecule has 0 fully saturated rings. The highest BCUT2D eigenvalue weighted by molar-refractivity contribution is 7.99. The van der Waals surface area contributed by atoms with E-state index in [2.05, 4.69) is 27.8 Å². The van der Waals surface area contributed by atoms with Crippen LogP contribution in [-0.4, -0.2) is 58.1 Å². The summed E-state index contributed by atoms with van der Waals surface area (Å²) in [6.45, 7) is 1.10. The van der Waals surface area contributed by atoms with Gasteiger partial charge in [0.05, 0.1) is 18.0 Å². The molecule has 0 saturated heterocycles. The fourth-order valence-electron chi connectivity index (χ4n) is 2.30. The molecular formula is C20H27N5O3S2. The number of rotatable bonds is 9. The molecule has 0 unspecified atom stereocenters. The van der Waals surface area contributed by atoms with Gasteiger partial charge in [-0.15, -0.1) is 11.8 Å². The maximum absolute atomic E-state index is 11.9. The zero-order valence-corrected chi connectivity index (χ0v) is 18.7. The Kier molecular flexibility index (Phi) is 9.15. The van der Waals surface area contributed by atoms with Crippen LogP contribution in [0.3, 0.4) is 0 Å². The Morgan fingerprint density at radius 2 is 1.73 bits per heavy atom.